The SMILES string of the molecule is N#CCS(=O)(=O)N(CC(=O)O)c1ccc(Cl)cc1. The van der Waals surface area contributed by atoms with Gasteiger partial charge >= 0.3 is 5.97 Å². The zero-order valence-corrected chi connectivity index (χ0v) is 10.6. The van der Waals surface area contributed by atoms with Crippen LogP contribution >= 0.6 is 11.6 Å². The molecular formula is C10H9ClN2O4S. The van der Waals surface area contributed by atoms with Crippen LogP contribution in [0, 0.1) is 11.3 Å². The minimum atomic E-state index is -3.99. The van der Waals surface area contributed by atoms with Crippen LogP contribution in [0.4, 0.5) is 5.69 Å². The summed E-state index contributed by atoms with van der Waals surface area (Å²) in [5, 5.41) is 17.6. The molecule has 0 spiro atoms. The van der Waals surface area contributed by atoms with E-state index in [9.17, 15) is 13.2 Å². The molecule has 1 rings (SSSR count). The average Bonchev–Trinajstić information content (AvgIpc) is 2.27. The predicted molar refractivity (Wildman–Crippen MR) is 65.8 cm³/mol. The van der Waals surface area contributed by atoms with Gasteiger partial charge in [0.15, 0.2) is 5.75 Å². The number of hydrogen-bond donors (Lipinski definition) is 1. The van der Waals surface area contributed by atoms with E-state index in [0.717, 1.165) is 0 Å². The van der Waals surface area contributed by atoms with Gasteiger partial charge in [-0.25, -0.2) is 8.42 Å². The number of nitrogens with zero attached hydrogens (tertiary/aromatic N) is 2. The second kappa shape index (κ2) is 5.71. The number of nitriles is 1. The smallest absolute Gasteiger partial charge is 0.324 e. The van der Waals surface area contributed by atoms with Gasteiger partial charge in [-0.2, -0.15) is 5.26 Å². The summed E-state index contributed by atoms with van der Waals surface area (Å²) < 4.78 is 24.2. The molecule has 96 valence electrons. The predicted octanol–water partition coefficient (Wildman–Crippen LogP) is 1.08. The van der Waals surface area contributed by atoms with Gasteiger partial charge in [-0.05, 0) is 24.3 Å². The molecule has 0 radical (unpaired) electrons. The van der Waals surface area contributed by atoms with Crippen molar-refractivity contribution in [1.29, 1.82) is 5.26 Å². The van der Waals surface area contributed by atoms with E-state index in [2.05, 4.69) is 0 Å². The van der Waals surface area contributed by atoms with Crippen LogP contribution in [0.25, 0.3) is 0 Å². The van der Waals surface area contributed by atoms with E-state index in [1.54, 1.807) is 0 Å². The highest BCUT2D eigenvalue weighted by Gasteiger charge is 2.24. The largest absolute Gasteiger partial charge is 0.480 e. The molecule has 0 aliphatic carbocycles. The van der Waals surface area contributed by atoms with Crippen LogP contribution in [0.5, 0.6) is 0 Å². The molecule has 0 saturated heterocycles. The van der Waals surface area contributed by atoms with Crippen molar-refractivity contribution in [1.82, 2.24) is 0 Å². The van der Waals surface area contributed by atoms with E-state index in [4.69, 9.17) is 22.0 Å². The maximum atomic E-state index is 11.8. The zero-order valence-electron chi connectivity index (χ0n) is 9.08. The van der Waals surface area contributed by atoms with E-state index in [-0.39, 0.29) is 5.69 Å². The van der Waals surface area contributed by atoms with Crippen molar-refractivity contribution in [2.24, 2.45) is 0 Å². The van der Waals surface area contributed by atoms with Crippen molar-refractivity contribution in [3.05, 3.63) is 29.3 Å². The van der Waals surface area contributed by atoms with Crippen molar-refractivity contribution >= 4 is 33.3 Å². The molecule has 6 nitrogen and oxygen atoms in total. The Bertz CT molecular complexity index is 577. The van der Waals surface area contributed by atoms with E-state index in [1.165, 1.54) is 30.3 Å². The Hall–Kier alpha value is -1.78. The Morgan fingerprint density at radius 3 is 2.39 bits per heavy atom. The molecular weight excluding hydrogens is 280 g/mol. The first-order valence-corrected chi connectivity index (χ1v) is 6.70. The highest BCUT2D eigenvalue weighted by atomic mass is 35.5. The summed E-state index contributed by atoms with van der Waals surface area (Å²) in [5.41, 5.74) is 0.150. The summed E-state index contributed by atoms with van der Waals surface area (Å²) in [4.78, 5) is 10.7. The van der Waals surface area contributed by atoms with Crippen LogP contribution < -0.4 is 4.31 Å². The first-order chi connectivity index (χ1) is 8.36. The van der Waals surface area contributed by atoms with Gasteiger partial charge in [0.1, 0.15) is 6.54 Å². The first kappa shape index (κ1) is 14.3. The molecule has 18 heavy (non-hydrogen) atoms. The average molecular weight is 289 g/mol. The van der Waals surface area contributed by atoms with Crippen molar-refractivity contribution < 1.29 is 18.3 Å². The Morgan fingerprint density at radius 2 is 1.94 bits per heavy atom. The van der Waals surface area contributed by atoms with Gasteiger partial charge < -0.3 is 5.11 Å². The maximum Gasteiger partial charge on any atom is 0.324 e. The number of aliphatic carboxylic acids is 1. The van der Waals surface area contributed by atoms with E-state index < -0.39 is 28.3 Å². The van der Waals surface area contributed by atoms with Gasteiger partial charge in [0.25, 0.3) is 0 Å². The third kappa shape index (κ3) is 3.61. The molecule has 1 N–H and O–H groups in total. The summed E-state index contributed by atoms with van der Waals surface area (Å²) in [6, 6.07) is 7.12. The van der Waals surface area contributed by atoms with Gasteiger partial charge in [0, 0.05) is 5.02 Å². The number of hydrogen-bond acceptors (Lipinski definition) is 4. The molecule has 0 heterocycles. The second-order valence-electron chi connectivity index (χ2n) is 3.29. The van der Waals surface area contributed by atoms with E-state index in [1.807, 2.05) is 0 Å². The molecule has 1 aromatic rings. The third-order valence-electron chi connectivity index (χ3n) is 1.98. The molecule has 0 aliphatic heterocycles. The van der Waals surface area contributed by atoms with E-state index in [0.29, 0.717) is 9.33 Å². The summed E-state index contributed by atoms with van der Waals surface area (Å²) in [6.45, 7) is -0.744. The maximum absolute atomic E-state index is 11.8. The van der Waals surface area contributed by atoms with Crippen LogP contribution in [0.2, 0.25) is 5.02 Å². The normalized spacial score (nSPS) is 10.7. The fraction of sp³-hybridized carbons (Fsp3) is 0.200. The lowest BCUT2D eigenvalue weighted by molar-refractivity contribution is -0.135. The highest BCUT2D eigenvalue weighted by molar-refractivity contribution is 7.93. The van der Waals surface area contributed by atoms with Crippen LogP contribution in [0.3, 0.4) is 0 Å². The van der Waals surface area contributed by atoms with Crippen LogP contribution in [-0.2, 0) is 14.8 Å². The molecule has 0 saturated carbocycles. The lowest BCUT2D eigenvalue weighted by atomic mass is 10.3. The van der Waals surface area contributed by atoms with Crippen molar-refractivity contribution in [3.8, 4) is 6.07 Å². The van der Waals surface area contributed by atoms with Gasteiger partial charge in [0.05, 0.1) is 11.8 Å². The van der Waals surface area contributed by atoms with Gasteiger partial charge in [-0.3, -0.25) is 9.10 Å². The summed E-state index contributed by atoms with van der Waals surface area (Å²) in [6.07, 6.45) is 0. The molecule has 1 aromatic carbocycles. The molecule has 0 atom stereocenters. The zero-order chi connectivity index (χ0) is 13.8. The van der Waals surface area contributed by atoms with Crippen LogP contribution in [-0.4, -0.2) is 31.8 Å². The molecule has 0 fully saturated rings. The fourth-order valence-electron chi connectivity index (χ4n) is 1.24. The lowest BCUT2D eigenvalue weighted by Crippen LogP contribution is -2.37. The standard InChI is InChI=1S/C10H9ClN2O4S/c11-8-1-3-9(4-2-8)13(7-10(14)15)18(16,17)6-5-12/h1-4H,6-7H2,(H,14,15). The van der Waals surface area contributed by atoms with Crippen molar-refractivity contribution in [3.63, 3.8) is 0 Å². The van der Waals surface area contributed by atoms with Crippen molar-refractivity contribution in [2.75, 3.05) is 16.6 Å². The number of carboxylic acid groups (broad SMARTS) is 1. The number of sulfonamides is 1. The summed E-state index contributed by atoms with van der Waals surface area (Å²) in [7, 11) is -3.99. The van der Waals surface area contributed by atoms with Crippen LogP contribution in [0.1, 0.15) is 0 Å². The number of anilines is 1. The molecule has 8 heteroatoms. The molecule has 0 bridgehead atoms. The number of rotatable bonds is 5. The molecule has 0 unspecified atom stereocenters. The Balaban J connectivity index is 3.18. The summed E-state index contributed by atoms with van der Waals surface area (Å²) >= 11 is 5.66. The van der Waals surface area contributed by atoms with Gasteiger partial charge in [-0.1, -0.05) is 11.6 Å². The van der Waals surface area contributed by atoms with E-state index >= 15 is 0 Å². The van der Waals surface area contributed by atoms with Gasteiger partial charge in [-0.15, -0.1) is 0 Å². The topological polar surface area (TPSA) is 98.5 Å². The van der Waals surface area contributed by atoms with Crippen LogP contribution in [0.15, 0.2) is 24.3 Å². The fourth-order valence-corrected chi connectivity index (χ4v) is 2.43. The minimum Gasteiger partial charge on any atom is -0.480 e. The molecule has 0 amide bonds. The van der Waals surface area contributed by atoms with Gasteiger partial charge in [0.2, 0.25) is 10.0 Å². The quantitative estimate of drug-likeness (QED) is 0.874. The monoisotopic (exact) mass is 288 g/mol. The Morgan fingerprint density at radius 1 is 1.39 bits per heavy atom. The number of benzene rings is 1. The highest BCUT2D eigenvalue weighted by Crippen LogP contribution is 2.20. The second-order valence-corrected chi connectivity index (χ2v) is 5.62. The van der Waals surface area contributed by atoms with Crippen molar-refractivity contribution in [2.45, 2.75) is 0 Å². The lowest BCUT2D eigenvalue weighted by Gasteiger charge is -2.21. The summed E-state index contributed by atoms with van der Waals surface area (Å²) in [5.74, 6) is -2.10. The first-order valence-electron chi connectivity index (χ1n) is 4.71. The number of carboxylic acids is 1. The Kier molecular flexibility index (Phi) is 4.53. The molecule has 0 aromatic heterocycles. The number of carbonyl (C=O) groups is 1. The Labute approximate surface area is 109 Å². The minimum absolute atomic E-state index is 0.150. The molecule has 0 aliphatic rings. The third-order valence-corrected chi connectivity index (χ3v) is 3.73. The number of halogens is 1.